The van der Waals surface area contributed by atoms with Crippen molar-refractivity contribution in [1.82, 2.24) is 9.88 Å². The lowest BCUT2D eigenvalue weighted by atomic mass is 9.87. The van der Waals surface area contributed by atoms with Crippen LogP contribution in [-0.4, -0.2) is 17.0 Å². The molecule has 0 atom stereocenters. The summed E-state index contributed by atoms with van der Waals surface area (Å²) >= 11 is 0. The fourth-order valence-electron chi connectivity index (χ4n) is 2.69. The molecule has 1 aliphatic rings. The smallest absolute Gasteiger partial charge is 0.268 e. The largest absolute Gasteiger partial charge is 0.397 e. The van der Waals surface area contributed by atoms with Gasteiger partial charge in [0.05, 0.1) is 5.69 Å². The van der Waals surface area contributed by atoms with E-state index in [0.717, 1.165) is 19.3 Å². The first kappa shape index (κ1) is 15.9. The number of amides is 1. The Kier molecular flexibility index (Phi) is 4.96. The van der Waals surface area contributed by atoms with E-state index in [1.807, 2.05) is 10.8 Å². The van der Waals surface area contributed by atoms with Crippen molar-refractivity contribution < 1.29 is 4.79 Å². The number of anilines is 1. The van der Waals surface area contributed by atoms with Crippen molar-refractivity contribution in [2.45, 2.75) is 65.3 Å². The van der Waals surface area contributed by atoms with Gasteiger partial charge in [0.2, 0.25) is 0 Å². The highest BCUT2D eigenvalue weighted by Crippen LogP contribution is 2.37. The number of nitrogens with two attached hydrogens (primary N) is 1. The van der Waals surface area contributed by atoms with Crippen LogP contribution in [0.25, 0.3) is 0 Å². The minimum atomic E-state index is 0.00201. The van der Waals surface area contributed by atoms with Crippen LogP contribution in [0.2, 0.25) is 0 Å². The lowest BCUT2D eigenvalue weighted by molar-refractivity contribution is 0.0924. The van der Waals surface area contributed by atoms with E-state index in [-0.39, 0.29) is 11.3 Å². The number of aromatic nitrogens is 1. The third-order valence-electron chi connectivity index (χ3n) is 4.23. The number of hydrogen-bond acceptors (Lipinski definition) is 2. The van der Waals surface area contributed by atoms with Gasteiger partial charge in [-0.2, -0.15) is 0 Å². The Morgan fingerprint density at radius 3 is 2.76 bits per heavy atom. The summed E-state index contributed by atoms with van der Waals surface area (Å²) in [5, 5.41) is 3.09. The molecule has 0 spiro atoms. The van der Waals surface area contributed by atoms with Crippen molar-refractivity contribution in [3.05, 3.63) is 18.0 Å². The zero-order valence-corrected chi connectivity index (χ0v) is 13.6. The number of nitrogens with one attached hydrogen (secondary N) is 1. The van der Waals surface area contributed by atoms with Crippen LogP contribution >= 0.6 is 0 Å². The second kappa shape index (κ2) is 6.54. The van der Waals surface area contributed by atoms with Gasteiger partial charge in [-0.3, -0.25) is 4.79 Å². The van der Waals surface area contributed by atoms with Crippen molar-refractivity contribution >= 4 is 11.6 Å². The van der Waals surface area contributed by atoms with E-state index in [4.69, 9.17) is 5.73 Å². The van der Waals surface area contributed by atoms with Gasteiger partial charge in [-0.25, -0.2) is 0 Å². The normalized spacial score (nSPS) is 15.2. The highest BCUT2D eigenvalue weighted by atomic mass is 16.1. The highest BCUT2D eigenvalue weighted by molar-refractivity contribution is 5.93. The molecule has 0 unspecified atom stereocenters. The average molecular weight is 291 g/mol. The highest BCUT2D eigenvalue weighted by Gasteiger charge is 2.28. The summed E-state index contributed by atoms with van der Waals surface area (Å²) in [4.78, 5) is 12.4. The van der Waals surface area contributed by atoms with E-state index in [1.54, 1.807) is 6.07 Å². The van der Waals surface area contributed by atoms with E-state index < -0.39 is 0 Å². The molecule has 2 rings (SSSR count). The zero-order valence-electron chi connectivity index (χ0n) is 13.6. The van der Waals surface area contributed by atoms with Crippen molar-refractivity contribution in [1.29, 1.82) is 0 Å². The molecule has 4 nitrogen and oxygen atoms in total. The molecule has 1 aromatic heterocycles. The Labute approximate surface area is 128 Å². The number of hydrogen-bond donors (Lipinski definition) is 2. The van der Waals surface area contributed by atoms with E-state index in [9.17, 15) is 4.79 Å². The Bertz CT molecular complexity index is 486. The fraction of sp³-hybridized carbons (Fsp3) is 0.706. The van der Waals surface area contributed by atoms with Gasteiger partial charge in [0.15, 0.2) is 0 Å². The lowest BCUT2D eigenvalue weighted by Crippen LogP contribution is -2.35. The minimum Gasteiger partial charge on any atom is -0.397 e. The van der Waals surface area contributed by atoms with E-state index >= 15 is 0 Å². The standard InChI is InChI=1S/C17H29N3O/c1-4-5-6-9-17(2,3)12-19-16(21)15-10-13(18)11-20(15)14-7-8-14/h10-11,14H,4-9,12,18H2,1-3H3,(H,19,21). The first-order valence-corrected chi connectivity index (χ1v) is 8.18. The van der Waals surface area contributed by atoms with Crippen molar-refractivity contribution in [3.63, 3.8) is 0 Å². The molecule has 21 heavy (non-hydrogen) atoms. The van der Waals surface area contributed by atoms with Gasteiger partial charge in [-0.05, 0) is 30.7 Å². The zero-order chi connectivity index (χ0) is 15.5. The third kappa shape index (κ3) is 4.51. The summed E-state index contributed by atoms with van der Waals surface area (Å²) in [5.41, 5.74) is 7.37. The molecule has 1 aromatic rings. The van der Waals surface area contributed by atoms with Gasteiger partial charge >= 0.3 is 0 Å². The third-order valence-corrected chi connectivity index (χ3v) is 4.23. The summed E-state index contributed by atoms with van der Waals surface area (Å²) in [6.45, 7) is 7.37. The van der Waals surface area contributed by atoms with Crippen LogP contribution in [0, 0.1) is 5.41 Å². The Morgan fingerprint density at radius 1 is 1.43 bits per heavy atom. The van der Waals surface area contributed by atoms with Gasteiger partial charge in [0.1, 0.15) is 5.69 Å². The second-order valence-electron chi connectivity index (χ2n) is 7.10. The quantitative estimate of drug-likeness (QED) is 0.717. The Balaban J connectivity index is 1.89. The monoisotopic (exact) mass is 291 g/mol. The molecule has 0 aliphatic heterocycles. The topological polar surface area (TPSA) is 60.1 Å². The van der Waals surface area contributed by atoms with Crippen LogP contribution in [0.15, 0.2) is 12.3 Å². The molecule has 118 valence electrons. The maximum atomic E-state index is 12.4. The SMILES string of the molecule is CCCCCC(C)(C)CNC(=O)c1cc(N)cn1C1CC1. The summed E-state index contributed by atoms with van der Waals surface area (Å²) in [6, 6.07) is 2.26. The van der Waals surface area contributed by atoms with Crippen LogP contribution in [-0.2, 0) is 0 Å². The molecule has 1 amide bonds. The van der Waals surface area contributed by atoms with Crippen molar-refractivity contribution in [2.75, 3.05) is 12.3 Å². The first-order chi connectivity index (χ1) is 9.93. The molecular weight excluding hydrogens is 262 g/mol. The maximum Gasteiger partial charge on any atom is 0.268 e. The minimum absolute atomic E-state index is 0.00201. The second-order valence-corrected chi connectivity index (χ2v) is 7.10. The Hall–Kier alpha value is -1.45. The predicted molar refractivity (Wildman–Crippen MR) is 87.4 cm³/mol. The molecule has 0 radical (unpaired) electrons. The van der Waals surface area contributed by atoms with Crippen LogP contribution < -0.4 is 11.1 Å². The van der Waals surface area contributed by atoms with Gasteiger partial charge in [-0.15, -0.1) is 0 Å². The summed E-state index contributed by atoms with van der Waals surface area (Å²) < 4.78 is 2.04. The van der Waals surface area contributed by atoms with E-state index in [2.05, 4.69) is 26.1 Å². The molecule has 0 bridgehead atoms. The molecule has 1 fully saturated rings. The van der Waals surface area contributed by atoms with Crippen molar-refractivity contribution in [2.24, 2.45) is 5.41 Å². The number of carbonyl (C=O) groups excluding carboxylic acids is 1. The molecule has 0 aromatic carbocycles. The molecular formula is C17H29N3O. The van der Waals surface area contributed by atoms with E-state index in [0.29, 0.717) is 24.0 Å². The summed E-state index contributed by atoms with van der Waals surface area (Å²) in [7, 11) is 0. The number of nitrogen functional groups attached to an aromatic ring is 1. The molecule has 1 aliphatic carbocycles. The molecule has 4 heteroatoms. The fourth-order valence-corrected chi connectivity index (χ4v) is 2.69. The summed E-state index contributed by atoms with van der Waals surface area (Å²) in [6.07, 6.45) is 9.06. The van der Waals surface area contributed by atoms with Crippen LogP contribution in [0.4, 0.5) is 5.69 Å². The number of carbonyl (C=O) groups is 1. The maximum absolute atomic E-state index is 12.4. The first-order valence-electron chi connectivity index (χ1n) is 8.18. The number of nitrogens with zero attached hydrogens (tertiary/aromatic N) is 1. The van der Waals surface area contributed by atoms with Gasteiger partial charge in [-0.1, -0.05) is 40.0 Å². The molecule has 3 N–H and O–H groups in total. The summed E-state index contributed by atoms with van der Waals surface area (Å²) in [5.74, 6) is 0.00201. The predicted octanol–water partition coefficient (Wildman–Crippen LogP) is 3.74. The number of unbranched alkanes of at least 4 members (excludes halogenated alkanes) is 2. The van der Waals surface area contributed by atoms with Gasteiger partial charge in [0, 0.05) is 18.8 Å². The van der Waals surface area contributed by atoms with Gasteiger partial charge in [0.25, 0.3) is 5.91 Å². The van der Waals surface area contributed by atoms with Crippen LogP contribution in [0.3, 0.4) is 0 Å². The van der Waals surface area contributed by atoms with Gasteiger partial charge < -0.3 is 15.6 Å². The molecule has 1 heterocycles. The van der Waals surface area contributed by atoms with Crippen LogP contribution in [0.1, 0.15) is 75.8 Å². The average Bonchev–Trinajstić information content (AvgIpc) is 3.19. The Morgan fingerprint density at radius 2 is 2.14 bits per heavy atom. The number of rotatable bonds is 8. The van der Waals surface area contributed by atoms with Crippen LogP contribution in [0.5, 0.6) is 0 Å². The van der Waals surface area contributed by atoms with E-state index in [1.165, 1.54) is 19.3 Å². The molecule has 1 saturated carbocycles. The molecule has 0 saturated heterocycles. The van der Waals surface area contributed by atoms with Crippen molar-refractivity contribution in [3.8, 4) is 0 Å². The lowest BCUT2D eigenvalue weighted by Gasteiger charge is -2.25.